The molecule has 0 unspecified atom stereocenters. The van der Waals surface area contributed by atoms with E-state index in [9.17, 15) is 4.79 Å². The van der Waals surface area contributed by atoms with Gasteiger partial charge in [-0.05, 0) is 29.1 Å². The molecular formula is C20H16N2OS. The predicted molar refractivity (Wildman–Crippen MR) is 99.2 cm³/mol. The van der Waals surface area contributed by atoms with Crippen molar-refractivity contribution in [3.8, 4) is 0 Å². The van der Waals surface area contributed by atoms with Crippen LogP contribution in [0.1, 0.15) is 16.9 Å². The van der Waals surface area contributed by atoms with Crippen molar-refractivity contribution in [2.45, 2.75) is 13.0 Å². The number of hydrogen-bond donors (Lipinski definition) is 0. The van der Waals surface area contributed by atoms with Crippen molar-refractivity contribution in [1.82, 2.24) is 0 Å². The predicted octanol–water partition coefficient (Wildman–Crippen LogP) is 4.81. The number of benzene rings is 2. The molecule has 3 aromatic rings. The van der Waals surface area contributed by atoms with Crippen LogP contribution in [0.2, 0.25) is 0 Å². The van der Waals surface area contributed by atoms with E-state index in [0.29, 0.717) is 13.0 Å². The van der Waals surface area contributed by atoms with Gasteiger partial charge in [0, 0.05) is 4.88 Å². The van der Waals surface area contributed by atoms with E-state index in [1.54, 1.807) is 11.3 Å². The number of thiophene rings is 1. The normalized spacial score (nSPS) is 14.1. The van der Waals surface area contributed by atoms with Crippen molar-refractivity contribution in [2.24, 2.45) is 4.99 Å². The van der Waals surface area contributed by atoms with E-state index in [1.807, 2.05) is 77.0 Å². The van der Waals surface area contributed by atoms with Crippen molar-refractivity contribution < 1.29 is 4.79 Å². The first-order valence-corrected chi connectivity index (χ1v) is 8.74. The molecule has 0 aliphatic carbocycles. The molecule has 3 nitrogen and oxygen atoms in total. The van der Waals surface area contributed by atoms with Crippen molar-refractivity contribution >= 4 is 34.3 Å². The number of carbonyl (C=O) groups is 1. The van der Waals surface area contributed by atoms with Gasteiger partial charge in [0.25, 0.3) is 0 Å². The van der Waals surface area contributed by atoms with Gasteiger partial charge in [-0.1, -0.05) is 48.5 Å². The molecular weight excluding hydrogens is 316 g/mol. The molecule has 0 saturated carbocycles. The Balaban J connectivity index is 1.75. The minimum Gasteiger partial charge on any atom is -0.306 e. The maximum absolute atomic E-state index is 12.9. The first-order valence-electron chi connectivity index (χ1n) is 7.86. The van der Waals surface area contributed by atoms with Gasteiger partial charge in [-0.2, -0.15) is 0 Å². The number of aliphatic imine (C=N–C) groups is 1. The minimum atomic E-state index is 0.0796. The summed E-state index contributed by atoms with van der Waals surface area (Å²) in [5, 5.41) is 2.01. The number of amides is 1. The van der Waals surface area contributed by atoms with Crippen molar-refractivity contribution in [2.75, 3.05) is 4.90 Å². The molecule has 1 aliphatic rings. The summed E-state index contributed by atoms with van der Waals surface area (Å²) >= 11 is 1.62. The van der Waals surface area contributed by atoms with Crippen molar-refractivity contribution in [3.05, 3.63) is 82.6 Å². The summed E-state index contributed by atoms with van der Waals surface area (Å²) in [7, 11) is 0. The van der Waals surface area contributed by atoms with Crippen LogP contribution >= 0.6 is 11.3 Å². The second-order valence-corrected chi connectivity index (χ2v) is 6.61. The van der Waals surface area contributed by atoms with Crippen LogP contribution < -0.4 is 4.90 Å². The van der Waals surface area contributed by atoms with E-state index in [-0.39, 0.29) is 5.91 Å². The van der Waals surface area contributed by atoms with Crippen LogP contribution in [0, 0.1) is 0 Å². The molecule has 4 heteroatoms. The third-order valence-corrected chi connectivity index (χ3v) is 4.96. The van der Waals surface area contributed by atoms with E-state index >= 15 is 0 Å². The lowest BCUT2D eigenvalue weighted by Crippen LogP contribution is -2.30. The SMILES string of the molecule is O=C1CC(c2cccs2)=Nc2ccccc2N1Cc1ccccc1. The zero-order chi connectivity index (χ0) is 16.4. The second kappa shape index (κ2) is 6.42. The molecule has 0 bridgehead atoms. The topological polar surface area (TPSA) is 32.7 Å². The molecule has 24 heavy (non-hydrogen) atoms. The number of rotatable bonds is 3. The first kappa shape index (κ1) is 14.8. The highest BCUT2D eigenvalue weighted by Crippen LogP contribution is 2.34. The molecule has 1 aliphatic heterocycles. The van der Waals surface area contributed by atoms with Crippen LogP contribution in [0.3, 0.4) is 0 Å². The van der Waals surface area contributed by atoms with Gasteiger partial charge in [0.1, 0.15) is 0 Å². The Morgan fingerprint density at radius 2 is 1.75 bits per heavy atom. The summed E-state index contributed by atoms with van der Waals surface area (Å²) in [5.74, 6) is 0.0796. The first-order chi connectivity index (χ1) is 11.8. The Morgan fingerprint density at radius 3 is 2.54 bits per heavy atom. The van der Waals surface area contributed by atoms with Crippen LogP contribution in [-0.4, -0.2) is 11.6 Å². The lowest BCUT2D eigenvalue weighted by Gasteiger charge is -2.22. The Kier molecular flexibility index (Phi) is 3.97. The second-order valence-electron chi connectivity index (χ2n) is 5.67. The molecule has 0 spiro atoms. The summed E-state index contributed by atoms with van der Waals surface area (Å²) in [6, 6.07) is 21.9. The molecule has 0 atom stereocenters. The summed E-state index contributed by atoms with van der Waals surface area (Å²) in [6.45, 7) is 0.559. The molecule has 0 radical (unpaired) electrons. The van der Waals surface area contributed by atoms with Gasteiger partial charge in [-0.3, -0.25) is 4.79 Å². The Bertz CT molecular complexity index is 885. The Labute approximate surface area is 144 Å². The highest BCUT2D eigenvalue weighted by atomic mass is 32.1. The van der Waals surface area contributed by atoms with Crippen molar-refractivity contribution in [1.29, 1.82) is 0 Å². The highest BCUT2D eigenvalue weighted by molar-refractivity contribution is 7.12. The van der Waals surface area contributed by atoms with E-state index in [0.717, 1.165) is 27.5 Å². The van der Waals surface area contributed by atoms with Crippen LogP contribution in [0.5, 0.6) is 0 Å². The van der Waals surface area contributed by atoms with E-state index in [2.05, 4.69) is 0 Å². The molecule has 0 N–H and O–H groups in total. The highest BCUT2D eigenvalue weighted by Gasteiger charge is 2.25. The van der Waals surface area contributed by atoms with Crippen LogP contribution in [0.15, 0.2) is 77.1 Å². The lowest BCUT2D eigenvalue weighted by atomic mass is 10.1. The molecule has 2 aromatic carbocycles. The number of anilines is 1. The molecule has 2 heterocycles. The largest absolute Gasteiger partial charge is 0.306 e. The van der Waals surface area contributed by atoms with Crippen LogP contribution in [0.4, 0.5) is 11.4 Å². The smallest absolute Gasteiger partial charge is 0.233 e. The standard InChI is InChI=1S/C20H16N2OS/c23-20-13-17(19-11-6-12-24-19)21-16-9-4-5-10-18(16)22(20)14-15-7-2-1-3-8-15/h1-12H,13-14H2. The number of fused-ring (bicyclic) bond motifs is 1. The van der Waals surface area contributed by atoms with E-state index < -0.39 is 0 Å². The van der Waals surface area contributed by atoms with Gasteiger partial charge in [-0.15, -0.1) is 11.3 Å². The molecule has 0 saturated heterocycles. The van der Waals surface area contributed by atoms with Crippen LogP contribution in [-0.2, 0) is 11.3 Å². The third kappa shape index (κ3) is 2.88. The van der Waals surface area contributed by atoms with Gasteiger partial charge >= 0.3 is 0 Å². The fourth-order valence-electron chi connectivity index (χ4n) is 2.87. The quantitative estimate of drug-likeness (QED) is 0.678. The molecule has 1 amide bonds. The number of hydrogen-bond acceptors (Lipinski definition) is 3. The summed E-state index contributed by atoms with van der Waals surface area (Å²) in [5.41, 5.74) is 3.68. The average molecular weight is 332 g/mol. The maximum Gasteiger partial charge on any atom is 0.233 e. The average Bonchev–Trinajstić information content (AvgIpc) is 3.11. The van der Waals surface area contributed by atoms with E-state index in [4.69, 9.17) is 4.99 Å². The Hall–Kier alpha value is -2.72. The maximum atomic E-state index is 12.9. The number of para-hydroxylation sites is 2. The van der Waals surface area contributed by atoms with Gasteiger partial charge in [0.2, 0.25) is 5.91 Å². The van der Waals surface area contributed by atoms with Gasteiger partial charge in [0.05, 0.1) is 30.1 Å². The fraction of sp³-hybridized carbons (Fsp3) is 0.100. The van der Waals surface area contributed by atoms with Crippen molar-refractivity contribution in [3.63, 3.8) is 0 Å². The zero-order valence-corrected chi connectivity index (χ0v) is 13.9. The number of nitrogens with zero attached hydrogens (tertiary/aromatic N) is 2. The third-order valence-electron chi connectivity index (χ3n) is 4.04. The lowest BCUT2D eigenvalue weighted by molar-refractivity contribution is -0.117. The van der Waals surface area contributed by atoms with Gasteiger partial charge < -0.3 is 4.90 Å². The molecule has 4 rings (SSSR count). The summed E-state index contributed by atoms with van der Waals surface area (Å²) in [6.07, 6.45) is 0.321. The Morgan fingerprint density at radius 1 is 0.958 bits per heavy atom. The fourth-order valence-corrected chi connectivity index (χ4v) is 3.58. The number of carbonyl (C=O) groups excluding carboxylic acids is 1. The molecule has 118 valence electrons. The monoisotopic (exact) mass is 332 g/mol. The van der Waals surface area contributed by atoms with Crippen LogP contribution in [0.25, 0.3) is 0 Å². The van der Waals surface area contributed by atoms with Gasteiger partial charge in [-0.25, -0.2) is 4.99 Å². The van der Waals surface area contributed by atoms with E-state index in [1.165, 1.54) is 0 Å². The zero-order valence-electron chi connectivity index (χ0n) is 13.1. The van der Waals surface area contributed by atoms with Gasteiger partial charge in [0.15, 0.2) is 0 Å². The minimum absolute atomic E-state index is 0.0796. The summed E-state index contributed by atoms with van der Waals surface area (Å²) < 4.78 is 0. The molecule has 0 fully saturated rings. The molecule has 1 aromatic heterocycles. The summed E-state index contributed by atoms with van der Waals surface area (Å²) in [4.78, 5) is 20.6.